The predicted octanol–water partition coefficient (Wildman–Crippen LogP) is 0.888. The molecule has 1 aromatic rings. The highest BCUT2D eigenvalue weighted by Crippen LogP contribution is 2.22. The van der Waals surface area contributed by atoms with Crippen LogP contribution in [0.15, 0.2) is 10.6 Å². The molecule has 2 rings (SSSR count). The maximum atomic E-state index is 13.1. The van der Waals surface area contributed by atoms with Gasteiger partial charge in [-0.2, -0.15) is 0 Å². The molecule has 2 heterocycles. The second kappa shape index (κ2) is 4.28. The van der Waals surface area contributed by atoms with E-state index in [0.29, 0.717) is 25.4 Å². The SMILES string of the molecule is Cc1cnc(CN2C[C@@H](F)C[C@H]2CO)o1. The molecule has 15 heavy (non-hydrogen) atoms. The lowest BCUT2D eigenvalue weighted by Gasteiger charge is -2.19. The van der Waals surface area contributed by atoms with Crippen LogP contribution < -0.4 is 0 Å². The van der Waals surface area contributed by atoms with Crippen LogP contribution in [0.25, 0.3) is 0 Å². The highest BCUT2D eigenvalue weighted by Gasteiger charge is 2.32. The van der Waals surface area contributed by atoms with E-state index in [1.54, 1.807) is 6.20 Å². The van der Waals surface area contributed by atoms with Gasteiger partial charge in [-0.1, -0.05) is 0 Å². The van der Waals surface area contributed by atoms with E-state index in [-0.39, 0.29) is 12.6 Å². The van der Waals surface area contributed by atoms with E-state index in [1.807, 2.05) is 11.8 Å². The number of oxazole rings is 1. The smallest absolute Gasteiger partial charge is 0.208 e. The van der Waals surface area contributed by atoms with E-state index >= 15 is 0 Å². The average Bonchev–Trinajstić information content (AvgIpc) is 2.73. The number of hydrogen-bond acceptors (Lipinski definition) is 4. The van der Waals surface area contributed by atoms with Crippen LogP contribution in [-0.2, 0) is 6.54 Å². The Balaban J connectivity index is 1.99. The highest BCUT2D eigenvalue weighted by molar-refractivity contribution is 4.93. The van der Waals surface area contributed by atoms with Crippen LogP contribution in [0.4, 0.5) is 4.39 Å². The predicted molar refractivity (Wildman–Crippen MR) is 52.0 cm³/mol. The van der Waals surface area contributed by atoms with Crippen LogP contribution >= 0.6 is 0 Å². The van der Waals surface area contributed by atoms with Gasteiger partial charge in [-0.3, -0.25) is 4.90 Å². The second-order valence-electron chi connectivity index (χ2n) is 3.96. The number of likely N-dealkylation sites (tertiary alicyclic amines) is 1. The Kier molecular flexibility index (Phi) is 3.02. The fourth-order valence-electron chi connectivity index (χ4n) is 1.95. The maximum Gasteiger partial charge on any atom is 0.208 e. The number of hydrogen-bond donors (Lipinski definition) is 1. The molecule has 4 nitrogen and oxygen atoms in total. The van der Waals surface area contributed by atoms with Gasteiger partial charge in [0, 0.05) is 12.6 Å². The molecule has 1 aliphatic heterocycles. The monoisotopic (exact) mass is 214 g/mol. The normalized spacial score (nSPS) is 27.4. The van der Waals surface area contributed by atoms with Crippen molar-refractivity contribution in [2.45, 2.75) is 32.1 Å². The van der Waals surface area contributed by atoms with Gasteiger partial charge in [0.25, 0.3) is 0 Å². The molecule has 1 N–H and O–H groups in total. The Bertz CT molecular complexity index is 329. The number of aryl methyl sites for hydroxylation is 1. The molecule has 1 saturated heterocycles. The second-order valence-corrected chi connectivity index (χ2v) is 3.96. The summed E-state index contributed by atoms with van der Waals surface area (Å²) in [5, 5.41) is 9.08. The molecule has 0 aromatic carbocycles. The molecule has 1 aliphatic rings. The first-order valence-corrected chi connectivity index (χ1v) is 5.09. The number of nitrogens with zero attached hydrogens (tertiary/aromatic N) is 2. The highest BCUT2D eigenvalue weighted by atomic mass is 19.1. The van der Waals surface area contributed by atoms with Gasteiger partial charge in [-0.25, -0.2) is 9.37 Å². The summed E-state index contributed by atoms with van der Waals surface area (Å²) < 4.78 is 18.4. The molecule has 1 aromatic heterocycles. The van der Waals surface area contributed by atoms with Crippen LogP contribution in [0.3, 0.4) is 0 Å². The number of aliphatic hydroxyl groups excluding tert-OH is 1. The molecule has 0 unspecified atom stereocenters. The lowest BCUT2D eigenvalue weighted by Crippen LogP contribution is -2.31. The number of rotatable bonds is 3. The molecular formula is C10H15FN2O2. The molecule has 1 fully saturated rings. The Morgan fingerprint density at radius 1 is 1.73 bits per heavy atom. The van der Waals surface area contributed by atoms with Crippen LogP contribution in [0.1, 0.15) is 18.1 Å². The quantitative estimate of drug-likeness (QED) is 0.811. The first-order chi connectivity index (χ1) is 7.19. The maximum absolute atomic E-state index is 13.1. The molecule has 84 valence electrons. The minimum atomic E-state index is -0.849. The van der Waals surface area contributed by atoms with Crippen molar-refractivity contribution in [1.29, 1.82) is 0 Å². The topological polar surface area (TPSA) is 49.5 Å². The summed E-state index contributed by atoms with van der Waals surface area (Å²) in [7, 11) is 0. The zero-order valence-corrected chi connectivity index (χ0v) is 8.69. The van der Waals surface area contributed by atoms with Crippen LogP contribution in [0, 0.1) is 6.92 Å². The fourth-order valence-corrected chi connectivity index (χ4v) is 1.95. The Hall–Kier alpha value is -0.940. The molecule has 0 aliphatic carbocycles. The van der Waals surface area contributed by atoms with Gasteiger partial charge in [0.05, 0.1) is 19.3 Å². The van der Waals surface area contributed by atoms with Crippen LogP contribution in [-0.4, -0.2) is 40.4 Å². The Labute approximate surface area is 87.7 Å². The summed E-state index contributed by atoms with van der Waals surface area (Å²) in [5.74, 6) is 1.33. The van der Waals surface area contributed by atoms with Gasteiger partial charge < -0.3 is 9.52 Å². The zero-order chi connectivity index (χ0) is 10.8. The average molecular weight is 214 g/mol. The fraction of sp³-hybridized carbons (Fsp3) is 0.700. The molecule has 2 atom stereocenters. The third-order valence-electron chi connectivity index (χ3n) is 2.70. The standard InChI is InChI=1S/C10H15FN2O2/c1-7-3-12-10(15-7)5-13-4-8(11)2-9(13)6-14/h3,8-9,14H,2,4-6H2,1H3/t8-,9-/m0/s1. The van der Waals surface area contributed by atoms with Crippen molar-refractivity contribution in [3.63, 3.8) is 0 Å². The molecule has 0 radical (unpaired) electrons. The van der Waals surface area contributed by atoms with Gasteiger partial charge in [0.2, 0.25) is 5.89 Å². The van der Waals surface area contributed by atoms with E-state index < -0.39 is 6.17 Å². The van der Waals surface area contributed by atoms with Gasteiger partial charge in [0.15, 0.2) is 0 Å². The largest absolute Gasteiger partial charge is 0.445 e. The van der Waals surface area contributed by atoms with Gasteiger partial charge in [-0.05, 0) is 13.3 Å². The van der Waals surface area contributed by atoms with Gasteiger partial charge >= 0.3 is 0 Å². The zero-order valence-electron chi connectivity index (χ0n) is 8.69. The summed E-state index contributed by atoms with van der Waals surface area (Å²) in [5.41, 5.74) is 0. The minimum absolute atomic E-state index is 0.0138. The number of aromatic nitrogens is 1. The van der Waals surface area contributed by atoms with E-state index in [1.165, 1.54) is 0 Å². The van der Waals surface area contributed by atoms with E-state index in [4.69, 9.17) is 9.52 Å². The van der Waals surface area contributed by atoms with E-state index in [9.17, 15) is 4.39 Å². The Morgan fingerprint density at radius 3 is 3.13 bits per heavy atom. The molecule has 0 saturated carbocycles. The van der Waals surface area contributed by atoms with Crippen molar-refractivity contribution in [3.05, 3.63) is 17.8 Å². The summed E-state index contributed by atoms with van der Waals surface area (Å²) >= 11 is 0. The van der Waals surface area contributed by atoms with E-state index in [0.717, 1.165) is 5.76 Å². The van der Waals surface area contributed by atoms with E-state index in [2.05, 4.69) is 4.98 Å². The van der Waals surface area contributed by atoms with Gasteiger partial charge in [0.1, 0.15) is 11.9 Å². The number of halogens is 1. The van der Waals surface area contributed by atoms with Crippen molar-refractivity contribution in [2.24, 2.45) is 0 Å². The van der Waals surface area contributed by atoms with Crippen molar-refractivity contribution in [1.82, 2.24) is 9.88 Å². The van der Waals surface area contributed by atoms with Crippen LogP contribution in [0.5, 0.6) is 0 Å². The summed E-state index contributed by atoms with van der Waals surface area (Å²) in [6, 6.07) is -0.104. The lowest BCUT2D eigenvalue weighted by atomic mass is 10.2. The molecule has 5 heteroatoms. The first kappa shape index (κ1) is 10.6. The third kappa shape index (κ3) is 2.35. The molecule has 0 amide bonds. The number of aliphatic hydroxyl groups is 1. The van der Waals surface area contributed by atoms with Crippen molar-refractivity contribution in [3.8, 4) is 0 Å². The third-order valence-corrected chi connectivity index (χ3v) is 2.70. The molecule has 0 bridgehead atoms. The molecular weight excluding hydrogens is 199 g/mol. The minimum Gasteiger partial charge on any atom is -0.445 e. The van der Waals surface area contributed by atoms with Crippen LogP contribution in [0.2, 0.25) is 0 Å². The van der Waals surface area contributed by atoms with Crippen molar-refractivity contribution < 1.29 is 13.9 Å². The van der Waals surface area contributed by atoms with Gasteiger partial charge in [-0.15, -0.1) is 0 Å². The van der Waals surface area contributed by atoms with Crippen molar-refractivity contribution in [2.75, 3.05) is 13.2 Å². The molecule has 0 spiro atoms. The summed E-state index contributed by atoms with van der Waals surface area (Å²) in [6.45, 7) is 2.63. The van der Waals surface area contributed by atoms with Crippen molar-refractivity contribution >= 4 is 0 Å². The summed E-state index contributed by atoms with van der Waals surface area (Å²) in [4.78, 5) is 5.93. The first-order valence-electron chi connectivity index (χ1n) is 5.09. The lowest BCUT2D eigenvalue weighted by molar-refractivity contribution is 0.143. The Morgan fingerprint density at radius 2 is 2.53 bits per heavy atom. The number of alkyl halides is 1. The summed E-state index contributed by atoms with van der Waals surface area (Å²) in [6.07, 6.45) is 1.20.